The van der Waals surface area contributed by atoms with E-state index in [2.05, 4.69) is 119 Å². The fourth-order valence-corrected chi connectivity index (χ4v) is 6.25. The first-order valence-electron chi connectivity index (χ1n) is 12.5. The highest BCUT2D eigenvalue weighted by molar-refractivity contribution is 6.88. The number of nitrogens with zero attached hydrogens (tertiary/aromatic N) is 1. The van der Waals surface area contributed by atoms with Gasteiger partial charge in [-0.25, -0.2) is 0 Å². The summed E-state index contributed by atoms with van der Waals surface area (Å²) in [6.07, 6.45) is 0. The van der Waals surface area contributed by atoms with Gasteiger partial charge >= 0.3 is 6.85 Å². The average molecular weight is 439 g/mol. The molecule has 0 saturated heterocycles. The molecule has 1 nitrogen and oxygen atoms in total. The average Bonchev–Trinajstić information content (AvgIpc) is 3.13. The third kappa shape index (κ3) is 2.46. The van der Waals surface area contributed by atoms with Crippen molar-refractivity contribution in [1.82, 2.24) is 4.48 Å². The zero-order valence-electron chi connectivity index (χ0n) is 21.0. The Bertz CT molecular complexity index is 1550. The summed E-state index contributed by atoms with van der Waals surface area (Å²) in [5.41, 5.74) is 14.1. The highest BCUT2D eigenvalue weighted by atomic mass is 14.9. The Hall–Kier alpha value is -3.26. The quantitative estimate of drug-likeness (QED) is 0.224. The summed E-state index contributed by atoms with van der Waals surface area (Å²) in [4.78, 5) is 0. The Balaban J connectivity index is 1.78. The molecule has 0 bridgehead atoms. The van der Waals surface area contributed by atoms with Crippen molar-refractivity contribution in [3.05, 3.63) is 83.9 Å². The third-order valence-corrected chi connectivity index (χ3v) is 8.07. The molecule has 0 spiro atoms. The zero-order chi connectivity index (χ0) is 23.6. The zero-order valence-corrected chi connectivity index (χ0v) is 21.0. The first-order valence-corrected chi connectivity index (χ1v) is 12.5. The van der Waals surface area contributed by atoms with Gasteiger partial charge in [0.15, 0.2) is 0 Å². The first kappa shape index (κ1) is 20.1. The molecule has 0 radical (unpaired) electrons. The number of hydrogen-bond donors (Lipinski definition) is 0. The van der Waals surface area contributed by atoms with Gasteiger partial charge in [-0.2, -0.15) is 0 Å². The molecule has 5 aromatic rings. The molecule has 1 aromatic heterocycles. The van der Waals surface area contributed by atoms with Crippen LogP contribution >= 0.6 is 0 Å². The maximum atomic E-state index is 2.67. The molecule has 0 fully saturated rings. The standard InChI is InChI=1S/C32H30BN/c1-31(2,3)19-15-23-21-11-7-9-13-27(21)33-28-14-10-8-12-22(28)24-16-20(32(4,5)6)18-26-25(17-19)29(23)34(33)30(24)26/h7-18H,1-6H3. The molecular formula is C32H30BN. The van der Waals surface area contributed by atoms with Gasteiger partial charge in [0, 0.05) is 32.9 Å². The second-order valence-electron chi connectivity index (χ2n) is 12.3. The van der Waals surface area contributed by atoms with E-state index in [1.807, 2.05) is 0 Å². The van der Waals surface area contributed by atoms with Crippen LogP contribution in [0.1, 0.15) is 52.7 Å². The van der Waals surface area contributed by atoms with Crippen molar-refractivity contribution in [3.63, 3.8) is 0 Å². The number of fused-ring (bicyclic) bond motifs is 7. The molecule has 0 atom stereocenters. The number of rotatable bonds is 0. The molecule has 4 aromatic carbocycles. The maximum absolute atomic E-state index is 2.67. The third-order valence-electron chi connectivity index (χ3n) is 8.07. The van der Waals surface area contributed by atoms with Crippen molar-refractivity contribution >= 4 is 39.6 Å². The molecule has 0 saturated carbocycles. The molecule has 166 valence electrons. The SMILES string of the molecule is CC(C)(C)c1cc2c3c(c1)c1cc(C(C)(C)C)cc4c1n3B(c1ccccc1-2)c1ccccc1-4. The fraction of sp³-hybridized carbons (Fsp3) is 0.250. The number of hydrogen-bond acceptors (Lipinski definition) is 0. The second kappa shape index (κ2) is 6.24. The summed E-state index contributed by atoms with van der Waals surface area (Å²) in [6, 6.07) is 28.0. The van der Waals surface area contributed by atoms with Crippen molar-refractivity contribution in [2.45, 2.75) is 52.4 Å². The minimum absolute atomic E-state index is 0.0819. The largest absolute Gasteiger partial charge is 0.375 e. The van der Waals surface area contributed by atoms with E-state index < -0.39 is 0 Å². The normalized spacial score (nSPS) is 14.1. The lowest BCUT2D eigenvalue weighted by molar-refractivity contribution is 0.590. The van der Waals surface area contributed by atoms with Gasteiger partial charge < -0.3 is 4.48 Å². The lowest BCUT2D eigenvalue weighted by Gasteiger charge is -2.33. The lowest BCUT2D eigenvalue weighted by atomic mass is 9.45. The molecule has 0 N–H and O–H groups in total. The van der Waals surface area contributed by atoms with Crippen LogP contribution in [-0.4, -0.2) is 11.3 Å². The molecule has 3 heterocycles. The Morgan fingerprint density at radius 3 is 1.35 bits per heavy atom. The van der Waals surface area contributed by atoms with Gasteiger partial charge in [0.25, 0.3) is 0 Å². The summed E-state index contributed by atoms with van der Waals surface area (Å²) in [7, 11) is 0. The van der Waals surface area contributed by atoms with Gasteiger partial charge in [-0.1, -0.05) is 90.1 Å². The monoisotopic (exact) mass is 439 g/mol. The van der Waals surface area contributed by atoms with Crippen LogP contribution in [0.15, 0.2) is 72.8 Å². The van der Waals surface area contributed by atoms with Crippen molar-refractivity contribution in [2.24, 2.45) is 0 Å². The van der Waals surface area contributed by atoms with Gasteiger partial charge in [-0.15, -0.1) is 0 Å². The predicted octanol–water partition coefficient (Wildman–Crippen LogP) is 7.00. The van der Waals surface area contributed by atoms with Crippen LogP contribution < -0.4 is 10.9 Å². The van der Waals surface area contributed by atoms with Gasteiger partial charge in [0.1, 0.15) is 0 Å². The van der Waals surface area contributed by atoms with E-state index in [9.17, 15) is 0 Å². The van der Waals surface area contributed by atoms with Crippen LogP contribution in [0.5, 0.6) is 0 Å². The van der Waals surface area contributed by atoms with Crippen LogP contribution in [0, 0.1) is 0 Å². The van der Waals surface area contributed by atoms with Crippen LogP contribution in [0.25, 0.3) is 44.1 Å². The van der Waals surface area contributed by atoms with Crippen molar-refractivity contribution in [1.29, 1.82) is 0 Å². The Labute approximate surface area is 202 Å². The lowest BCUT2D eigenvalue weighted by Crippen LogP contribution is -2.53. The van der Waals surface area contributed by atoms with E-state index in [-0.39, 0.29) is 17.7 Å². The van der Waals surface area contributed by atoms with E-state index >= 15 is 0 Å². The molecule has 2 heteroatoms. The van der Waals surface area contributed by atoms with Gasteiger partial charge in [0.2, 0.25) is 0 Å². The Morgan fingerprint density at radius 2 is 0.941 bits per heavy atom. The molecular weight excluding hydrogens is 409 g/mol. The Kier molecular flexibility index (Phi) is 3.70. The van der Waals surface area contributed by atoms with Crippen LogP contribution in [0.3, 0.4) is 0 Å². The first-order chi connectivity index (χ1) is 16.1. The Morgan fingerprint density at radius 1 is 0.529 bits per heavy atom. The van der Waals surface area contributed by atoms with Crippen LogP contribution in [0.4, 0.5) is 0 Å². The molecule has 0 aliphatic carbocycles. The van der Waals surface area contributed by atoms with Crippen molar-refractivity contribution in [3.8, 4) is 22.3 Å². The minimum Gasteiger partial charge on any atom is -0.375 e. The van der Waals surface area contributed by atoms with Crippen LogP contribution in [-0.2, 0) is 10.8 Å². The van der Waals surface area contributed by atoms with Crippen molar-refractivity contribution in [2.75, 3.05) is 0 Å². The molecule has 7 rings (SSSR count). The van der Waals surface area contributed by atoms with E-state index in [1.165, 1.54) is 66.1 Å². The van der Waals surface area contributed by atoms with E-state index in [0.717, 1.165) is 0 Å². The smallest absolute Gasteiger partial charge is 0.329 e. The minimum atomic E-state index is 0.0819. The summed E-state index contributed by atoms with van der Waals surface area (Å²) in [5.74, 6) is 0. The fourth-order valence-electron chi connectivity index (χ4n) is 6.25. The summed E-state index contributed by atoms with van der Waals surface area (Å²) < 4.78 is 2.67. The molecule has 0 amide bonds. The summed E-state index contributed by atoms with van der Waals surface area (Å²) in [5, 5.41) is 2.80. The molecule has 2 aliphatic heterocycles. The molecule has 0 unspecified atom stereocenters. The highest BCUT2D eigenvalue weighted by Crippen LogP contribution is 2.47. The van der Waals surface area contributed by atoms with Gasteiger partial charge in [-0.3, -0.25) is 0 Å². The van der Waals surface area contributed by atoms with Gasteiger partial charge in [0.05, 0.1) is 0 Å². The second-order valence-corrected chi connectivity index (χ2v) is 12.3. The predicted molar refractivity (Wildman–Crippen MR) is 148 cm³/mol. The number of benzene rings is 4. The highest BCUT2D eigenvalue weighted by Gasteiger charge is 2.40. The topological polar surface area (TPSA) is 4.93 Å². The van der Waals surface area contributed by atoms with E-state index in [4.69, 9.17) is 0 Å². The van der Waals surface area contributed by atoms with Crippen LogP contribution in [0.2, 0.25) is 0 Å². The molecule has 2 aliphatic rings. The maximum Gasteiger partial charge on any atom is 0.329 e. The molecule has 34 heavy (non-hydrogen) atoms. The summed E-state index contributed by atoms with van der Waals surface area (Å²) in [6.45, 7) is 14.2. The van der Waals surface area contributed by atoms with E-state index in [1.54, 1.807) is 0 Å². The summed E-state index contributed by atoms with van der Waals surface area (Å²) >= 11 is 0. The van der Waals surface area contributed by atoms with Crippen molar-refractivity contribution < 1.29 is 0 Å². The number of aromatic nitrogens is 1. The van der Waals surface area contributed by atoms with Gasteiger partial charge in [-0.05, 0) is 68.3 Å². The van der Waals surface area contributed by atoms with E-state index in [0.29, 0.717) is 0 Å².